The third-order valence-electron chi connectivity index (χ3n) is 5.60. The molecule has 1 heterocycles. The van der Waals surface area contributed by atoms with Crippen LogP contribution < -0.4 is 5.32 Å². The number of nitrogens with zero attached hydrogens (tertiary/aromatic N) is 3. The quantitative estimate of drug-likeness (QED) is 0.538. The Hall–Kier alpha value is -3.52. The smallest absolute Gasteiger partial charge is 0.246 e. The Morgan fingerprint density at radius 1 is 1.21 bits per heavy atom. The minimum Gasteiger partial charge on any atom is -0.383 e. The average Bonchev–Trinajstić information content (AvgIpc) is 3.59. The van der Waals surface area contributed by atoms with Crippen molar-refractivity contribution in [3.8, 4) is 16.9 Å². The van der Waals surface area contributed by atoms with E-state index in [-0.39, 0.29) is 36.0 Å². The number of aryl methyl sites for hydroxylation is 1. The van der Waals surface area contributed by atoms with Crippen LogP contribution in [0.4, 0.5) is 10.3 Å². The Morgan fingerprint density at radius 3 is 2.64 bits per heavy atom. The van der Waals surface area contributed by atoms with Crippen molar-refractivity contribution in [2.45, 2.75) is 19.8 Å². The van der Waals surface area contributed by atoms with Gasteiger partial charge in [-0.25, -0.2) is 9.37 Å². The Kier molecular flexibility index (Phi) is 6.84. The summed E-state index contributed by atoms with van der Waals surface area (Å²) in [4.78, 5) is 31.6. The molecule has 0 atom stereocenters. The molecule has 172 valence electrons. The van der Waals surface area contributed by atoms with Crippen molar-refractivity contribution < 1.29 is 18.7 Å². The fraction of sp³-hybridized carbons (Fsp3) is 0.320. The molecule has 7 nitrogen and oxygen atoms in total. The molecule has 0 unspecified atom stereocenters. The summed E-state index contributed by atoms with van der Waals surface area (Å²) in [6.07, 6.45) is 3.47. The van der Waals surface area contributed by atoms with Gasteiger partial charge >= 0.3 is 0 Å². The zero-order valence-corrected chi connectivity index (χ0v) is 18.8. The summed E-state index contributed by atoms with van der Waals surface area (Å²) in [6.45, 7) is 2.28. The lowest BCUT2D eigenvalue weighted by Gasteiger charge is -2.21. The molecule has 1 aliphatic rings. The molecule has 0 spiro atoms. The third-order valence-corrected chi connectivity index (χ3v) is 5.60. The van der Waals surface area contributed by atoms with E-state index in [4.69, 9.17) is 4.74 Å². The first-order valence-corrected chi connectivity index (χ1v) is 10.9. The van der Waals surface area contributed by atoms with Gasteiger partial charge in [0.1, 0.15) is 12.4 Å². The SMILES string of the molecule is COCCN(CC(=O)Nc1nc(-c2ccccc2)cn1-c1ccc(C)c(F)c1)C(=O)C1CC1. The zero-order valence-electron chi connectivity index (χ0n) is 18.8. The monoisotopic (exact) mass is 450 g/mol. The summed E-state index contributed by atoms with van der Waals surface area (Å²) >= 11 is 0. The Balaban J connectivity index is 1.60. The topological polar surface area (TPSA) is 76.5 Å². The number of benzene rings is 2. The number of nitrogens with one attached hydrogen (secondary N) is 1. The highest BCUT2D eigenvalue weighted by Gasteiger charge is 2.34. The van der Waals surface area contributed by atoms with Crippen LogP contribution in [0.15, 0.2) is 54.7 Å². The maximum atomic E-state index is 14.3. The van der Waals surface area contributed by atoms with E-state index in [0.29, 0.717) is 30.1 Å². The molecule has 1 aliphatic carbocycles. The molecule has 8 heteroatoms. The van der Waals surface area contributed by atoms with Crippen molar-refractivity contribution in [2.24, 2.45) is 5.92 Å². The van der Waals surface area contributed by atoms with Crippen LogP contribution in [0.5, 0.6) is 0 Å². The number of hydrogen-bond donors (Lipinski definition) is 1. The summed E-state index contributed by atoms with van der Waals surface area (Å²) < 4.78 is 21.0. The van der Waals surface area contributed by atoms with Gasteiger partial charge in [0, 0.05) is 31.3 Å². The summed E-state index contributed by atoms with van der Waals surface area (Å²) in [5.74, 6) is -0.500. The molecule has 0 saturated heterocycles. The molecule has 2 aromatic carbocycles. The highest BCUT2D eigenvalue weighted by Crippen LogP contribution is 2.31. The van der Waals surface area contributed by atoms with Gasteiger partial charge in [-0.15, -0.1) is 0 Å². The largest absolute Gasteiger partial charge is 0.383 e. The molecule has 1 saturated carbocycles. The number of halogens is 1. The van der Waals surface area contributed by atoms with Gasteiger partial charge in [-0.2, -0.15) is 0 Å². The van der Waals surface area contributed by atoms with Crippen LogP contribution in [0.3, 0.4) is 0 Å². The lowest BCUT2D eigenvalue weighted by molar-refractivity contribution is -0.136. The highest BCUT2D eigenvalue weighted by molar-refractivity contribution is 5.94. The fourth-order valence-corrected chi connectivity index (χ4v) is 3.54. The van der Waals surface area contributed by atoms with Crippen molar-refractivity contribution in [1.29, 1.82) is 0 Å². The molecule has 0 radical (unpaired) electrons. The predicted octanol–water partition coefficient (Wildman–Crippen LogP) is 3.81. The van der Waals surface area contributed by atoms with Crippen LogP contribution in [0.2, 0.25) is 0 Å². The van der Waals surface area contributed by atoms with E-state index in [1.54, 1.807) is 36.9 Å². The van der Waals surface area contributed by atoms with E-state index in [0.717, 1.165) is 18.4 Å². The number of hydrogen-bond acceptors (Lipinski definition) is 4. The number of amides is 2. The Bertz CT molecular complexity index is 1140. The minimum absolute atomic E-state index is 0.00291. The molecular formula is C25H27FN4O3. The molecule has 1 N–H and O–H groups in total. The second-order valence-electron chi connectivity index (χ2n) is 8.19. The summed E-state index contributed by atoms with van der Waals surface area (Å²) in [7, 11) is 1.56. The van der Waals surface area contributed by atoms with Crippen LogP contribution in [-0.2, 0) is 14.3 Å². The molecule has 2 amide bonds. The highest BCUT2D eigenvalue weighted by atomic mass is 19.1. The van der Waals surface area contributed by atoms with E-state index in [1.807, 2.05) is 30.3 Å². The first kappa shape index (κ1) is 22.7. The molecule has 4 rings (SSSR count). The van der Waals surface area contributed by atoms with E-state index < -0.39 is 0 Å². The number of imidazole rings is 1. The fourth-order valence-electron chi connectivity index (χ4n) is 3.54. The maximum Gasteiger partial charge on any atom is 0.246 e. The Labute approximate surface area is 192 Å². The van der Waals surface area contributed by atoms with Gasteiger partial charge in [-0.1, -0.05) is 36.4 Å². The van der Waals surface area contributed by atoms with Crippen LogP contribution in [0.1, 0.15) is 18.4 Å². The molecule has 0 aliphatic heterocycles. The average molecular weight is 451 g/mol. The van der Waals surface area contributed by atoms with Gasteiger partial charge < -0.3 is 9.64 Å². The van der Waals surface area contributed by atoms with Crippen molar-refractivity contribution in [3.05, 3.63) is 66.1 Å². The standard InChI is InChI=1S/C25H27FN4O3/c1-17-8-11-20(14-21(17)26)30-15-22(18-6-4-3-5-7-18)27-25(30)28-23(31)16-29(12-13-33-2)24(32)19-9-10-19/h3-8,11,14-15,19H,9-10,12-13,16H2,1-2H3,(H,27,28,31). The molecule has 33 heavy (non-hydrogen) atoms. The predicted molar refractivity (Wildman–Crippen MR) is 124 cm³/mol. The summed E-state index contributed by atoms with van der Waals surface area (Å²) in [6, 6.07) is 14.4. The zero-order chi connectivity index (χ0) is 23.4. The van der Waals surface area contributed by atoms with Crippen LogP contribution in [0.25, 0.3) is 16.9 Å². The molecule has 1 fully saturated rings. The number of rotatable bonds is 9. The van der Waals surface area contributed by atoms with Gasteiger partial charge in [0.2, 0.25) is 17.8 Å². The van der Waals surface area contributed by atoms with Crippen LogP contribution >= 0.6 is 0 Å². The van der Waals surface area contributed by atoms with Crippen molar-refractivity contribution in [1.82, 2.24) is 14.5 Å². The van der Waals surface area contributed by atoms with Crippen molar-refractivity contribution in [3.63, 3.8) is 0 Å². The molecule has 3 aromatic rings. The lowest BCUT2D eigenvalue weighted by atomic mass is 10.2. The first-order valence-electron chi connectivity index (χ1n) is 10.9. The van der Waals surface area contributed by atoms with Gasteiger partial charge in [0.25, 0.3) is 0 Å². The van der Waals surface area contributed by atoms with Crippen LogP contribution in [-0.4, -0.2) is 53.1 Å². The van der Waals surface area contributed by atoms with Crippen molar-refractivity contribution in [2.75, 3.05) is 32.1 Å². The van der Waals surface area contributed by atoms with Gasteiger partial charge in [0.15, 0.2) is 0 Å². The van der Waals surface area contributed by atoms with Crippen molar-refractivity contribution >= 4 is 17.8 Å². The lowest BCUT2D eigenvalue weighted by Crippen LogP contribution is -2.41. The minimum atomic E-state index is -0.376. The summed E-state index contributed by atoms with van der Waals surface area (Å²) in [5, 5.41) is 2.81. The number of carbonyl (C=O) groups excluding carboxylic acids is 2. The normalized spacial score (nSPS) is 13.1. The Morgan fingerprint density at radius 2 is 1.97 bits per heavy atom. The number of ether oxygens (including phenoxy) is 1. The second kappa shape index (κ2) is 9.95. The van der Waals surface area contributed by atoms with E-state index in [9.17, 15) is 14.0 Å². The van der Waals surface area contributed by atoms with Crippen LogP contribution in [0, 0.1) is 18.7 Å². The number of anilines is 1. The van der Waals surface area contributed by atoms with Gasteiger partial charge in [0.05, 0.1) is 18.0 Å². The number of methoxy groups -OCH3 is 1. The maximum absolute atomic E-state index is 14.3. The summed E-state index contributed by atoms with van der Waals surface area (Å²) in [5.41, 5.74) is 2.57. The molecule has 0 bridgehead atoms. The van der Waals surface area contributed by atoms with E-state index in [1.165, 1.54) is 11.0 Å². The first-order chi connectivity index (χ1) is 16.0. The second-order valence-corrected chi connectivity index (χ2v) is 8.19. The third kappa shape index (κ3) is 5.46. The number of aromatic nitrogens is 2. The number of carbonyl (C=O) groups is 2. The van der Waals surface area contributed by atoms with E-state index in [2.05, 4.69) is 10.3 Å². The van der Waals surface area contributed by atoms with Gasteiger partial charge in [-0.3, -0.25) is 19.5 Å². The molecular weight excluding hydrogens is 423 g/mol. The van der Waals surface area contributed by atoms with Gasteiger partial charge in [-0.05, 0) is 37.5 Å². The molecule has 1 aromatic heterocycles. The van der Waals surface area contributed by atoms with E-state index >= 15 is 0 Å².